The van der Waals surface area contributed by atoms with Gasteiger partial charge >= 0.3 is 0 Å². The van der Waals surface area contributed by atoms with E-state index in [-0.39, 0.29) is 24.4 Å². The summed E-state index contributed by atoms with van der Waals surface area (Å²) in [6.07, 6.45) is 0. The average Bonchev–Trinajstić information content (AvgIpc) is 2.81. The van der Waals surface area contributed by atoms with Crippen molar-refractivity contribution in [2.45, 2.75) is 6.04 Å². The molecule has 3 rings (SSSR count). The van der Waals surface area contributed by atoms with Gasteiger partial charge in [-0.1, -0.05) is 42.5 Å². The lowest BCUT2D eigenvalue weighted by Crippen LogP contribution is -2.39. The highest BCUT2D eigenvalue weighted by Gasteiger charge is 2.18. The van der Waals surface area contributed by atoms with Crippen LogP contribution in [-0.2, 0) is 4.79 Å². The second-order valence-electron chi connectivity index (χ2n) is 6.60. The lowest BCUT2D eigenvalue weighted by atomic mass is 9.98. The van der Waals surface area contributed by atoms with Gasteiger partial charge < -0.3 is 20.1 Å². The Hall–Kier alpha value is -3.80. The molecule has 0 saturated carbocycles. The molecule has 0 atom stereocenters. The minimum Gasteiger partial charge on any atom is -0.497 e. The molecule has 6 heteroatoms. The van der Waals surface area contributed by atoms with Gasteiger partial charge in [0, 0.05) is 5.56 Å². The summed E-state index contributed by atoms with van der Waals surface area (Å²) < 4.78 is 10.4. The molecule has 0 aliphatic heterocycles. The maximum Gasteiger partial charge on any atom is 0.251 e. The number of carbonyl (C=O) groups excluding carboxylic acids is 2. The van der Waals surface area contributed by atoms with Crippen molar-refractivity contribution in [2.75, 3.05) is 20.8 Å². The van der Waals surface area contributed by atoms with E-state index >= 15 is 0 Å². The van der Waals surface area contributed by atoms with Crippen LogP contribution in [0.3, 0.4) is 0 Å². The zero-order valence-electron chi connectivity index (χ0n) is 16.9. The highest BCUT2D eigenvalue weighted by molar-refractivity contribution is 5.96. The summed E-state index contributed by atoms with van der Waals surface area (Å²) in [5.41, 5.74) is 2.29. The van der Waals surface area contributed by atoms with E-state index in [1.165, 1.54) is 0 Å². The normalized spacial score (nSPS) is 10.4. The van der Waals surface area contributed by atoms with Gasteiger partial charge in [0.2, 0.25) is 5.91 Å². The minimum absolute atomic E-state index is 0.128. The Balaban J connectivity index is 1.73. The van der Waals surface area contributed by atoms with Gasteiger partial charge in [-0.25, -0.2) is 0 Å². The van der Waals surface area contributed by atoms with Crippen LogP contribution in [0.25, 0.3) is 0 Å². The minimum atomic E-state index is -0.386. The van der Waals surface area contributed by atoms with Crippen LogP contribution in [-0.4, -0.2) is 32.6 Å². The second kappa shape index (κ2) is 10.1. The highest BCUT2D eigenvalue weighted by Crippen LogP contribution is 2.25. The molecule has 3 aromatic rings. The summed E-state index contributed by atoms with van der Waals surface area (Å²) in [4.78, 5) is 24.8. The van der Waals surface area contributed by atoms with E-state index in [2.05, 4.69) is 10.6 Å². The number of ether oxygens (including phenoxy) is 2. The van der Waals surface area contributed by atoms with Crippen molar-refractivity contribution < 1.29 is 19.1 Å². The first-order valence-corrected chi connectivity index (χ1v) is 9.51. The highest BCUT2D eigenvalue weighted by atomic mass is 16.5. The summed E-state index contributed by atoms with van der Waals surface area (Å²) in [6, 6.07) is 23.4. The molecule has 0 aliphatic carbocycles. The van der Waals surface area contributed by atoms with Gasteiger partial charge in [-0.2, -0.15) is 0 Å². The van der Waals surface area contributed by atoms with Gasteiger partial charge in [0.25, 0.3) is 5.91 Å². The van der Waals surface area contributed by atoms with E-state index in [0.717, 1.165) is 22.6 Å². The van der Waals surface area contributed by atoms with Crippen LogP contribution >= 0.6 is 0 Å². The van der Waals surface area contributed by atoms with Crippen LogP contribution in [0.5, 0.6) is 11.5 Å². The van der Waals surface area contributed by atoms with Crippen molar-refractivity contribution >= 4 is 11.8 Å². The molecule has 0 heterocycles. The molecule has 0 spiro atoms. The molecule has 0 bridgehead atoms. The molecule has 0 radical (unpaired) electrons. The third kappa shape index (κ3) is 5.38. The topological polar surface area (TPSA) is 76.7 Å². The molecule has 0 unspecified atom stereocenters. The first kappa shape index (κ1) is 20.9. The average molecular weight is 404 g/mol. The van der Waals surface area contributed by atoms with Crippen LogP contribution < -0.4 is 20.1 Å². The Morgan fingerprint density at radius 1 is 0.767 bits per heavy atom. The third-order valence-electron chi connectivity index (χ3n) is 4.65. The van der Waals surface area contributed by atoms with Gasteiger partial charge in [0.15, 0.2) is 0 Å². The largest absolute Gasteiger partial charge is 0.497 e. The van der Waals surface area contributed by atoms with Gasteiger partial charge in [-0.15, -0.1) is 0 Å². The van der Waals surface area contributed by atoms with E-state index in [4.69, 9.17) is 9.47 Å². The summed E-state index contributed by atoms with van der Waals surface area (Å²) >= 11 is 0. The number of nitrogens with one attached hydrogen (secondary N) is 2. The van der Waals surface area contributed by atoms with Crippen molar-refractivity contribution in [1.29, 1.82) is 0 Å². The fourth-order valence-corrected chi connectivity index (χ4v) is 3.02. The van der Waals surface area contributed by atoms with Gasteiger partial charge in [-0.05, 0) is 47.5 Å². The smallest absolute Gasteiger partial charge is 0.251 e. The number of carbonyl (C=O) groups is 2. The first-order chi connectivity index (χ1) is 14.6. The molecular weight excluding hydrogens is 380 g/mol. The summed E-state index contributed by atoms with van der Waals surface area (Å²) in [6.45, 7) is -0.128. The lowest BCUT2D eigenvalue weighted by Gasteiger charge is -2.21. The molecule has 3 aromatic carbocycles. The standard InChI is InChI=1S/C24H24N2O4/c1-29-20-12-8-17(9-13-20)23(18-10-14-21(30-2)15-11-18)26-22(27)16-25-24(28)19-6-4-3-5-7-19/h3-15,23H,16H2,1-2H3,(H,25,28)(H,26,27). The Bertz CT molecular complexity index is 923. The molecule has 30 heavy (non-hydrogen) atoms. The van der Waals surface area contributed by atoms with Gasteiger partial charge in [0.05, 0.1) is 26.8 Å². The van der Waals surface area contributed by atoms with Gasteiger partial charge in [-0.3, -0.25) is 9.59 Å². The van der Waals surface area contributed by atoms with E-state index < -0.39 is 0 Å². The molecule has 0 aliphatic rings. The van der Waals surface area contributed by atoms with E-state index in [9.17, 15) is 9.59 Å². The monoisotopic (exact) mass is 404 g/mol. The van der Waals surface area contributed by atoms with Crippen LogP contribution in [0.4, 0.5) is 0 Å². The molecule has 0 fully saturated rings. The molecular formula is C24H24N2O4. The SMILES string of the molecule is COc1ccc(C(NC(=O)CNC(=O)c2ccccc2)c2ccc(OC)cc2)cc1. The number of benzene rings is 3. The summed E-state index contributed by atoms with van der Waals surface area (Å²) in [5.74, 6) is 0.870. The molecule has 2 N–H and O–H groups in total. The fourth-order valence-electron chi connectivity index (χ4n) is 3.02. The van der Waals surface area contributed by atoms with Crippen molar-refractivity contribution in [2.24, 2.45) is 0 Å². The quantitative estimate of drug-likeness (QED) is 0.604. The van der Waals surface area contributed by atoms with Crippen molar-refractivity contribution in [1.82, 2.24) is 10.6 Å². The van der Waals surface area contributed by atoms with Crippen LogP contribution in [0.15, 0.2) is 78.9 Å². The molecule has 6 nitrogen and oxygen atoms in total. The number of amides is 2. The molecule has 0 aromatic heterocycles. The lowest BCUT2D eigenvalue weighted by molar-refractivity contribution is -0.120. The predicted octanol–water partition coefficient (Wildman–Crippen LogP) is 3.34. The predicted molar refractivity (Wildman–Crippen MR) is 115 cm³/mol. The third-order valence-corrected chi connectivity index (χ3v) is 4.65. The van der Waals surface area contributed by atoms with E-state index in [1.54, 1.807) is 38.5 Å². The zero-order chi connectivity index (χ0) is 21.3. The van der Waals surface area contributed by atoms with E-state index in [0.29, 0.717) is 5.56 Å². The first-order valence-electron chi connectivity index (χ1n) is 9.51. The van der Waals surface area contributed by atoms with Crippen molar-refractivity contribution in [3.8, 4) is 11.5 Å². The molecule has 154 valence electrons. The second-order valence-corrected chi connectivity index (χ2v) is 6.60. The van der Waals surface area contributed by atoms with Crippen LogP contribution in [0.1, 0.15) is 27.5 Å². The van der Waals surface area contributed by atoms with Crippen LogP contribution in [0.2, 0.25) is 0 Å². The fraction of sp³-hybridized carbons (Fsp3) is 0.167. The Morgan fingerprint density at radius 2 is 1.27 bits per heavy atom. The van der Waals surface area contributed by atoms with Crippen LogP contribution in [0, 0.1) is 0 Å². The number of hydrogen-bond acceptors (Lipinski definition) is 4. The van der Waals surface area contributed by atoms with Crippen molar-refractivity contribution in [3.05, 3.63) is 95.6 Å². The van der Waals surface area contributed by atoms with E-state index in [1.807, 2.05) is 54.6 Å². The Morgan fingerprint density at radius 3 is 1.73 bits per heavy atom. The maximum atomic E-state index is 12.6. The zero-order valence-corrected chi connectivity index (χ0v) is 16.9. The van der Waals surface area contributed by atoms with Gasteiger partial charge in [0.1, 0.15) is 11.5 Å². The van der Waals surface area contributed by atoms with Crippen molar-refractivity contribution in [3.63, 3.8) is 0 Å². The molecule has 2 amide bonds. The Kier molecular flexibility index (Phi) is 7.05. The number of hydrogen-bond donors (Lipinski definition) is 2. The molecule has 0 saturated heterocycles. The Labute approximate surface area is 175 Å². The summed E-state index contributed by atoms with van der Waals surface area (Å²) in [5, 5.41) is 5.65. The number of rotatable bonds is 8. The maximum absolute atomic E-state index is 12.6. The summed E-state index contributed by atoms with van der Waals surface area (Å²) in [7, 11) is 3.21. The number of methoxy groups -OCH3 is 2.